The van der Waals surface area contributed by atoms with E-state index in [4.69, 9.17) is 5.73 Å². The molecule has 15 heavy (non-hydrogen) atoms. The van der Waals surface area contributed by atoms with Crippen LogP contribution in [0, 0.1) is 0 Å². The average molecular weight is 207 g/mol. The summed E-state index contributed by atoms with van der Waals surface area (Å²) in [5, 5.41) is 7.32. The second-order valence-electron chi connectivity index (χ2n) is 4.94. The fourth-order valence-corrected chi connectivity index (χ4v) is 2.82. The highest BCUT2D eigenvalue weighted by Crippen LogP contribution is 2.40. The molecular formula is C12H21N3. The topological polar surface area (TPSA) is 54.7 Å². The quantitative estimate of drug-likeness (QED) is 0.783. The molecule has 0 aliphatic heterocycles. The second kappa shape index (κ2) is 3.87. The lowest BCUT2D eigenvalue weighted by molar-refractivity contribution is 0.310. The minimum absolute atomic E-state index is 0.286. The molecule has 0 bridgehead atoms. The molecule has 1 saturated carbocycles. The van der Waals surface area contributed by atoms with Crippen molar-refractivity contribution in [1.29, 1.82) is 0 Å². The van der Waals surface area contributed by atoms with Gasteiger partial charge in [-0.1, -0.05) is 33.1 Å². The molecule has 3 heteroatoms. The van der Waals surface area contributed by atoms with E-state index in [-0.39, 0.29) is 5.41 Å². The molecule has 84 valence electrons. The van der Waals surface area contributed by atoms with Crippen molar-refractivity contribution in [3.05, 3.63) is 11.3 Å². The Kier molecular flexibility index (Phi) is 2.72. The van der Waals surface area contributed by atoms with E-state index in [1.54, 1.807) is 0 Å². The highest BCUT2D eigenvalue weighted by atomic mass is 15.2. The first-order valence-electron chi connectivity index (χ1n) is 6.00. The smallest absolute Gasteiger partial charge is 0.148 e. The molecule has 0 amide bonds. The van der Waals surface area contributed by atoms with Crippen LogP contribution in [0.5, 0.6) is 0 Å². The SMILES string of the molecule is CCc1c(N)n[nH]c1C1(C)CCCCC1. The molecule has 0 unspecified atom stereocenters. The minimum Gasteiger partial charge on any atom is -0.382 e. The van der Waals surface area contributed by atoms with Crippen molar-refractivity contribution in [1.82, 2.24) is 10.2 Å². The van der Waals surface area contributed by atoms with Crippen LogP contribution in [0.2, 0.25) is 0 Å². The van der Waals surface area contributed by atoms with Gasteiger partial charge in [-0.15, -0.1) is 0 Å². The van der Waals surface area contributed by atoms with Crippen LogP contribution < -0.4 is 5.73 Å². The maximum atomic E-state index is 5.88. The molecule has 1 aliphatic carbocycles. The van der Waals surface area contributed by atoms with E-state index >= 15 is 0 Å². The molecule has 1 aliphatic rings. The monoisotopic (exact) mass is 207 g/mol. The van der Waals surface area contributed by atoms with Crippen molar-refractivity contribution in [2.75, 3.05) is 5.73 Å². The molecule has 1 aromatic rings. The summed E-state index contributed by atoms with van der Waals surface area (Å²) in [6.45, 7) is 4.50. The van der Waals surface area contributed by atoms with Gasteiger partial charge in [-0.05, 0) is 19.3 Å². The molecule has 0 atom stereocenters. The maximum Gasteiger partial charge on any atom is 0.148 e. The zero-order chi connectivity index (χ0) is 10.9. The summed E-state index contributed by atoms with van der Waals surface area (Å²) in [5.74, 6) is 0.694. The van der Waals surface area contributed by atoms with Crippen LogP contribution in [0.25, 0.3) is 0 Å². The number of nitrogen functional groups attached to an aromatic ring is 1. The van der Waals surface area contributed by atoms with Crippen LogP contribution in [0.3, 0.4) is 0 Å². The number of rotatable bonds is 2. The summed E-state index contributed by atoms with van der Waals surface area (Å²) < 4.78 is 0. The first kappa shape index (κ1) is 10.5. The standard InChI is InChI=1S/C12H21N3/c1-3-9-10(14-15-11(9)13)12(2)7-5-4-6-8-12/h3-8H2,1-2H3,(H3,13,14,15). The number of hydrogen-bond acceptors (Lipinski definition) is 2. The van der Waals surface area contributed by atoms with E-state index in [0.717, 1.165) is 6.42 Å². The first-order chi connectivity index (χ1) is 7.17. The molecule has 2 rings (SSSR count). The minimum atomic E-state index is 0.286. The fourth-order valence-electron chi connectivity index (χ4n) is 2.82. The number of aromatic nitrogens is 2. The highest BCUT2D eigenvalue weighted by molar-refractivity contribution is 5.44. The number of nitrogens with one attached hydrogen (secondary N) is 1. The lowest BCUT2D eigenvalue weighted by Crippen LogP contribution is -2.26. The third kappa shape index (κ3) is 1.75. The number of hydrogen-bond donors (Lipinski definition) is 2. The molecule has 1 heterocycles. The van der Waals surface area contributed by atoms with Crippen LogP contribution in [0.15, 0.2) is 0 Å². The number of H-pyrrole nitrogens is 1. The van der Waals surface area contributed by atoms with Crippen LogP contribution in [-0.2, 0) is 11.8 Å². The van der Waals surface area contributed by atoms with E-state index in [1.165, 1.54) is 43.4 Å². The zero-order valence-corrected chi connectivity index (χ0v) is 9.77. The summed E-state index contributed by atoms with van der Waals surface area (Å²) in [6.07, 6.45) is 7.55. The Labute approximate surface area is 91.4 Å². The third-order valence-corrected chi connectivity index (χ3v) is 3.81. The molecule has 0 radical (unpaired) electrons. The molecule has 3 nitrogen and oxygen atoms in total. The van der Waals surface area contributed by atoms with Crippen LogP contribution >= 0.6 is 0 Å². The van der Waals surface area contributed by atoms with Crippen molar-refractivity contribution >= 4 is 5.82 Å². The van der Waals surface area contributed by atoms with Gasteiger partial charge in [0.1, 0.15) is 5.82 Å². The van der Waals surface area contributed by atoms with Gasteiger partial charge in [0.05, 0.1) is 0 Å². The van der Waals surface area contributed by atoms with E-state index in [1.807, 2.05) is 0 Å². The molecule has 0 spiro atoms. The number of nitrogens with zero attached hydrogens (tertiary/aromatic N) is 1. The first-order valence-corrected chi connectivity index (χ1v) is 6.00. The van der Waals surface area contributed by atoms with E-state index in [2.05, 4.69) is 24.0 Å². The summed E-state index contributed by atoms with van der Waals surface area (Å²) >= 11 is 0. The van der Waals surface area contributed by atoms with Gasteiger partial charge >= 0.3 is 0 Å². The van der Waals surface area contributed by atoms with Gasteiger partial charge in [0.15, 0.2) is 0 Å². The van der Waals surface area contributed by atoms with Crippen LogP contribution in [0.1, 0.15) is 57.2 Å². The summed E-state index contributed by atoms with van der Waals surface area (Å²) in [6, 6.07) is 0. The summed E-state index contributed by atoms with van der Waals surface area (Å²) in [7, 11) is 0. The maximum absolute atomic E-state index is 5.88. The Morgan fingerprint density at radius 2 is 2.00 bits per heavy atom. The molecule has 1 fully saturated rings. The second-order valence-corrected chi connectivity index (χ2v) is 4.94. The van der Waals surface area contributed by atoms with E-state index < -0.39 is 0 Å². The predicted octanol–water partition coefficient (Wildman–Crippen LogP) is 2.78. The Bertz CT molecular complexity index is 335. The van der Waals surface area contributed by atoms with Crippen molar-refractivity contribution < 1.29 is 0 Å². The van der Waals surface area contributed by atoms with Gasteiger partial charge in [-0.2, -0.15) is 5.10 Å². The zero-order valence-electron chi connectivity index (χ0n) is 9.77. The Morgan fingerprint density at radius 3 is 2.60 bits per heavy atom. The Morgan fingerprint density at radius 1 is 1.33 bits per heavy atom. The van der Waals surface area contributed by atoms with Gasteiger partial charge in [-0.3, -0.25) is 5.10 Å². The number of aromatic amines is 1. The summed E-state index contributed by atoms with van der Waals surface area (Å²) in [4.78, 5) is 0. The lowest BCUT2D eigenvalue weighted by atomic mass is 9.72. The predicted molar refractivity (Wildman–Crippen MR) is 62.8 cm³/mol. The number of anilines is 1. The Hall–Kier alpha value is -0.990. The fraction of sp³-hybridized carbons (Fsp3) is 0.750. The number of nitrogens with two attached hydrogens (primary N) is 1. The van der Waals surface area contributed by atoms with Gasteiger partial charge in [0.2, 0.25) is 0 Å². The Balaban J connectivity index is 2.34. The van der Waals surface area contributed by atoms with Crippen molar-refractivity contribution in [2.24, 2.45) is 0 Å². The molecule has 0 saturated heterocycles. The average Bonchev–Trinajstić information content (AvgIpc) is 2.61. The highest BCUT2D eigenvalue weighted by Gasteiger charge is 2.32. The van der Waals surface area contributed by atoms with Crippen molar-refractivity contribution in [3.63, 3.8) is 0 Å². The molecule has 1 aromatic heterocycles. The van der Waals surface area contributed by atoms with Crippen molar-refractivity contribution in [3.8, 4) is 0 Å². The molecular weight excluding hydrogens is 186 g/mol. The van der Waals surface area contributed by atoms with Crippen LogP contribution in [-0.4, -0.2) is 10.2 Å². The summed E-state index contributed by atoms with van der Waals surface area (Å²) in [5.41, 5.74) is 8.69. The van der Waals surface area contributed by atoms with Gasteiger partial charge in [0, 0.05) is 16.7 Å². The van der Waals surface area contributed by atoms with Gasteiger partial charge in [-0.25, -0.2) is 0 Å². The van der Waals surface area contributed by atoms with Crippen molar-refractivity contribution in [2.45, 2.75) is 57.8 Å². The largest absolute Gasteiger partial charge is 0.382 e. The van der Waals surface area contributed by atoms with E-state index in [9.17, 15) is 0 Å². The van der Waals surface area contributed by atoms with Gasteiger partial charge < -0.3 is 5.73 Å². The van der Waals surface area contributed by atoms with Crippen LogP contribution in [0.4, 0.5) is 5.82 Å². The van der Waals surface area contributed by atoms with E-state index in [0.29, 0.717) is 5.82 Å². The lowest BCUT2D eigenvalue weighted by Gasteiger charge is -2.33. The van der Waals surface area contributed by atoms with Gasteiger partial charge in [0.25, 0.3) is 0 Å². The molecule has 3 N–H and O–H groups in total. The molecule has 0 aromatic carbocycles. The normalized spacial score (nSPS) is 20.4. The third-order valence-electron chi connectivity index (χ3n) is 3.81.